The average Bonchev–Trinajstić information content (AvgIpc) is 3.36. The molecule has 0 saturated carbocycles. The van der Waals surface area contributed by atoms with Crippen LogP contribution in [-0.2, 0) is 4.74 Å². The monoisotopic (exact) mass is 362 g/mol. The first-order valence-corrected chi connectivity index (χ1v) is 9.86. The molecule has 1 aromatic heterocycles. The average molecular weight is 362 g/mol. The molecule has 2 atom stereocenters. The van der Waals surface area contributed by atoms with Crippen LogP contribution in [0.25, 0.3) is 0 Å². The van der Waals surface area contributed by atoms with Crippen LogP contribution in [0, 0.1) is 12.3 Å². The fourth-order valence-corrected chi connectivity index (χ4v) is 4.85. The minimum Gasteiger partial charge on any atom is -0.395 e. The van der Waals surface area contributed by atoms with Crippen molar-refractivity contribution in [1.29, 1.82) is 0 Å². The fraction of sp³-hybridized carbons (Fsp3) is 0.789. The number of H-pyrrole nitrogens is 1. The molecule has 4 rings (SSSR count). The lowest BCUT2D eigenvalue weighted by Gasteiger charge is -2.38. The maximum absolute atomic E-state index is 12.6. The lowest BCUT2D eigenvalue weighted by atomic mass is 9.76. The normalized spacial score (nSPS) is 28.9. The molecule has 3 aliphatic rings. The fourth-order valence-electron chi connectivity index (χ4n) is 4.85. The van der Waals surface area contributed by atoms with Crippen LogP contribution in [-0.4, -0.2) is 82.3 Å². The van der Waals surface area contributed by atoms with Gasteiger partial charge in [-0.3, -0.25) is 9.69 Å². The highest BCUT2D eigenvalue weighted by molar-refractivity contribution is 5.92. The summed E-state index contributed by atoms with van der Waals surface area (Å²) in [6.07, 6.45) is 7.25. The molecular weight excluding hydrogens is 332 g/mol. The molecule has 7 nitrogen and oxygen atoms in total. The van der Waals surface area contributed by atoms with Gasteiger partial charge in [0, 0.05) is 25.7 Å². The van der Waals surface area contributed by atoms with Crippen molar-refractivity contribution in [3.8, 4) is 0 Å². The molecule has 7 heteroatoms. The third-order valence-electron chi connectivity index (χ3n) is 6.48. The number of nitrogens with zero attached hydrogens (tertiary/aromatic N) is 3. The minimum absolute atomic E-state index is 0.0544. The number of aromatic amines is 1. The zero-order valence-corrected chi connectivity index (χ0v) is 15.6. The molecule has 3 aliphatic heterocycles. The van der Waals surface area contributed by atoms with Crippen LogP contribution in [0.2, 0.25) is 0 Å². The Labute approximate surface area is 154 Å². The largest absolute Gasteiger partial charge is 0.395 e. The van der Waals surface area contributed by atoms with Gasteiger partial charge in [-0.2, -0.15) is 0 Å². The highest BCUT2D eigenvalue weighted by atomic mass is 16.5. The first kappa shape index (κ1) is 17.9. The quantitative estimate of drug-likeness (QED) is 0.841. The Kier molecular flexibility index (Phi) is 5.03. The number of amides is 1. The molecule has 26 heavy (non-hydrogen) atoms. The molecule has 1 spiro atoms. The standard InChI is InChI=1S/C19H30N4O3/c1-14-20-10-17(21-14)18(25)22-7-4-19(5-8-22)9-16(26-13-19)11-23-6-2-3-15(23)12-24/h10,15-16,24H,2-9,11-13H2,1H3,(H,20,21)/t15-,16-/m0/s1. The molecular formula is C19H30N4O3. The number of carbonyl (C=O) groups excluding carboxylic acids is 1. The summed E-state index contributed by atoms with van der Waals surface area (Å²) < 4.78 is 6.14. The summed E-state index contributed by atoms with van der Waals surface area (Å²) in [6, 6.07) is 0.312. The van der Waals surface area contributed by atoms with Crippen molar-refractivity contribution < 1.29 is 14.6 Å². The molecule has 4 heterocycles. The van der Waals surface area contributed by atoms with Crippen LogP contribution >= 0.6 is 0 Å². The maximum Gasteiger partial charge on any atom is 0.271 e. The van der Waals surface area contributed by atoms with E-state index in [1.165, 1.54) is 6.42 Å². The molecule has 1 amide bonds. The van der Waals surface area contributed by atoms with Crippen LogP contribution < -0.4 is 0 Å². The van der Waals surface area contributed by atoms with Crippen molar-refractivity contribution in [2.45, 2.75) is 51.2 Å². The third-order valence-corrected chi connectivity index (χ3v) is 6.48. The van der Waals surface area contributed by atoms with Gasteiger partial charge in [0.2, 0.25) is 0 Å². The number of imidazole rings is 1. The molecule has 0 radical (unpaired) electrons. The summed E-state index contributed by atoms with van der Waals surface area (Å²) in [5.41, 5.74) is 0.808. The van der Waals surface area contributed by atoms with Crippen molar-refractivity contribution in [3.05, 3.63) is 17.7 Å². The van der Waals surface area contributed by atoms with Gasteiger partial charge in [0.1, 0.15) is 11.5 Å². The number of aryl methyl sites for hydroxylation is 1. The van der Waals surface area contributed by atoms with Crippen molar-refractivity contribution in [1.82, 2.24) is 19.8 Å². The van der Waals surface area contributed by atoms with Crippen molar-refractivity contribution in [2.24, 2.45) is 5.41 Å². The molecule has 0 unspecified atom stereocenters. The lowest BCUT2D eigenvalue weighted by Crippen LogP contribution is -2.44. The van der Waals surface area contributed by atoms with Gasteiger partial charge in [0.15, 0.2) is 0 Å². The molecule has 144 valence electrons. The van der Waals surface area contributed by atoms with E-state index >= 15 is 0 Å². The van der Waals surface area contributed by atoms with E-state index in [4.69, 9.17) is 4.74 Å². The van der Waals surface area contributed by atoms with E-state index in [-0.39, 0.29) is 24.0 Å². The van der Waals surface area contributed by atoms with Crippen LogP contribution in [0.1, 0.15) is 48.4 Å². The number of nitrogens with one attached hydrogen (secondary N) is 1. The van der Waals surface area contributed by atoms with Crippen molar-refractivity contribution >= 4 is 5.91 Å². The van der Waals surface area contributed by atoms with Gasteiger partial charge in [-0.1, -0.05) is 0 Å². The van der Waals surface area contributed by atoms with E-state index in [2.05, 4.69) is 14.9 Å². The summed E-state index contributed by atoms with van der Waals surface area (Å²) in [5.74, 6) is 0.829. The first-order valence-electron chi connectivity index (χ1n) is 9.86. The van der Waals surface area contributed by atoms with E-state index in [1.54, 1.807) is 6.20 Å². The highest BCUT2D eigenvalue weighted by Crippen LogP contribution is 2.42. The van der Waals surface area contributed by atoms with Crippen LogP contribution in [0.15, 0.2) is 6.20 Å². The molecule has 3 fully saturated rings. The van der Waals surface area contributed by atoms with Gasteiger partial charge >= 0.3 is 0 Å². The van der Waals surface area contributed by atoms with Crippen LogP contribution in [0.5, 0.6) is 0 Å². The Morgan fingerprint density at radius 3 is 2.92 bits per heavy atom. The van der Waals surface area contributed by atoms with Gasteiger partial charge < -0.3 is 19.7 Å². The second-order valence-electron chi connectivity index (χ2n) is 8.29. The second kappa shape index (κ2) is 7.29. The zero-order chi connectivity index (χ0) is 18.1. The summed E-state index contributed by atoms with van der Waals surface area (Å²) in [6.45, 7) is 6.50. The smallest absolute Gasteiger partial charge is 0.271 e. The number of aliphatic hydroxyl groups excluding tert-OH is 1. The lowest BCUT2D eigenvalue weighted by molar-refractivity contribution is 0.0399. The number of hydrogen-bond acceptors (Lipinski definition) is 5. The van der Waals surface area contributed by atoms with Gasteiger partial charge in [-0.15, -0.1) is 0 Å². The first-order chi connectivity index (χ1) is 12.6. The number of carbonyl (C=O) groups is 1. The molecule has 0 aliphatic carbocycles. The molecule has 0 bridgehead atoms. The number of likely N-dealkylation sites (tertiary alicyclic amines) is 2. The summed E-state index contributed by atoms with van der Waals surface area (Å²) in [4.78, 5) is 24.1. The molecule has 1 aromatic rings. The number of rotatable bonds is 4. The Morgan fingerprint density at radius 1 is 1.42 bits per heavy atom. The van der Waals surface area contributed by atoms with E-state index < -0.39 is 0 Å². The Hall–Kier alpha value is -1.44. The van der Waals surface area contributed by atoms with Gasteiger partial charge in [0.25, 0.3) is 5.91 Å². The van der Waals surface area contributed by atoms with Crippen molar-refractivity contribution in [2.75, 3.05) is 39.4 Å². The zero-order valence-electron chi connectivity index (χ0n) is 15.6. The van der Waals surface area contributed by atoms with Crippen LogP contribution in [0.3, 0.4) is 0 Å². The number of aliphatic hydroxyl groups is 1. The van der Waals surface area contributed by atoms with E-state index in [9.17, 15) is 9.90 Å². The molecule has 0 aromatic carbocycles. The highest BCUT2D eigenvalue weighted by Gasteiger charge is 2.44. The maximum atomic E-state index is 12.6. The van der Waals surface area contributed by atoms with Crippen molar-refractivity contribution in [3.63, 3.8) is 0 Å². The number of hydrogen-bond donors (Lipinski definition) is 2. The van der Waals surface area contributed by atoms with Gasteiger partial charge in [-0.05, 0) is 51.0 Å². The third kappa shape index (κ3) is 3.52. The molecule has 2 N–H and O–H groups in total. The number of ether oxygens (including phenoxy) is 1. The Bertz CT molecular complexity index is 638. The second-order valence-corrected chi connectivity index (χ2v) is 8.29. The predicted molar refractivity (Wildman–Crippen MR) is 96.9 cm³/mol. The Morgan fingerprint density at radius 2 is 2.23 bits per heavy atom. The van der Waals surface area contributed by atoms with Gasteiger partial charge in [-0.25, -0.2) is 4.98 Å². The summed E-state index contributed by atoms with van der Waals surface area (Å²) >= 11 is 0. The topological polar surface area (TPSA) is 81.7 Å². The predicted octanol–water partition coefficient (Wildman–Crippen LogP) is 1.19. The van der Waals surface area contributed by atoms with E-state index in [0.29, 0.717) is 11.7 Å². The summed E-state index contributed by atoms with van der Waals surface area (Å²) in [7, 11) is 0. The van der Waals surface area contributed by atoms with E-state index in [0.717, 1.165) is 64.3 Å². The Balaban J connectivity index is 1.29. The molecule has 3 saturated heterocycles. The number of aromatic nitrogens is 2. The SMILES string of the molecule is Cc1ncc(C(=O)N2CCC3(CC2)CO[C@H](CN2CCC[C@H]2CO)C3)[nH]1. The van der Waals surface area contributed by atoms with Gasteiger partial charge in [0.05, 0.1) is 25.5 Å². The summed E-state index contributed by atoms with van der Waals surface area (Å²) in [5, 5.41) is 9.50. The minimum atomic E-state index is 0.0544. The van der Waals surface area contributed by atoms with E-state index in [1.807, 2.05) is 11.8 Å². The van der Waals surface area contributed by atoms with Crippen LogP contribution in [0.4, 0.5) is 0 Å². The number of piperidine rings is 1.